The third-order valence-electron chi connectivity index (χ3n) is 5.92. The second-order valence-electron chi connectivity index (χ2n) is 8.46. The molecule has 5 rings (SSSR count). The third-order valence-corrected chi connectivity index (χ3v) is 5.92. The van der Waals surface area contributed by atoms with Crippen molar-refractivity contribution in [2.24, 2.45) is 0 Å². The number of amides is 1. The van der Waals surface area contributed by atoms with E-state index in [0.717, 1.165) is 42.7 Å². The summed E-state index contributed by atoms with van der Waals surface area (Å²) in [5.74, 6) is 0.362. The van der Waals surface area contributed by atoms with Gasteiger partial charge in [-0.3, -0.25) is 14.8 Å². The molecule has 3 aromatic heterocycles. The third kappa shape index (κ3) is 4.99. The highest BCUT2D eigenvalue weighted by Gasteiger charge is 2.17. The number of carbonyl (C=O) groups is 1. The van der Waals surface area contributed by atoms with Crippen molar-refractivity contribution < 1.29 is 9.18 Å². The van der Waals surface area contributed by atoms with Crippen molar-refractivity contribution in [2.45, 2.75) is 18.9 Å². The average molecular weight is 458 g/mol. The van der Waals surface area contributed by atoms with Gasteiger partial charge in [-0.15, -0.1) is 0 Å². The summed E-state index contributed by atoms with van der Waals surface area (Å²) in [6.07, 6.45) is 8.93. The fourth-order valence-corrected chi connectivity index (χ4v) is 3.97. The minimum atomic E-state index is -0.396. The first-order valence-corrected chi connectivity index (χ1v) is 11.1. The van der Waals surface area contributed by atoms with E-state index in [0.29, 0.717) is 28.6 Å². The predicted octanol–water partition coefficient (Wildman–Crippen LogP) is 3.98. The molecular weight excluding hydrogens is 433 g/mol. The summed E-state index contributed by atoms with van der Waals surface area (Å²) in [6.45, 7) is 2.13. The van der Waals surface area contributed by atoms with Crippen LogP contribution in [0.3, 0.4) is 0 Å². The molecule has 1 aliphatic rings. The Bertz CT molecular complexity index is 1320. The van der Waals surface area contributed by atoms with Crippen molar-refractivity contribution in [3.05, 3.63) is 72.6 Å². The molecule has 172 valence electrons. The highest BCUT2D eigenvalue weighted by atomic mass is 19.1. The molecule has 1 aliphatic heterocycles. The maximum atomic E-state index is 13.1. The molecule has 0 aliphatic carbocycles. The first-order chi connectivity index (χ1) is 16.5. The summed E-state index contributed by atoms with van der Waals surface area (Å²) >= 11 is 0. The summed E-state index contributed by atoms with van der Waals surface area (Å²) in [5, 5.41) is 7.05. The standard InChI is InChI=1S/C25H24FN7O/c1-33-8-6-20(7-9-33)30-24-15-27-13-22(31-24)18-10-17-11-23(29-14-21(17)28-12-18)32-25(34)16-2-4-19(26)5-3-16/h2-5,10-15,20H,6-9H2,1H3,(H,30,31)(H,29,32,34). The molecule has 1 amide bonds. The molecule has 0 saturated carbocycles. The number of piperidine rings is 1. The average Bonchev–Trinajstić information content (AvgIpc) is 2.85. The highest BCUT2D eigenvalue weighted by molar-refractivity contribution is 6.04. The Hall–Kier alpha value is -3.98. The number of carbonyl (C=O) groups excluding carboxylic acids is 1. The molecule has 4 heterocycles. The van der Waals surface area contributed by atoms with E-state index in [1.807, 2.05) is 6.07 Å². The van der Waals surface area contributed by atoms with Gasteiger partial charge >= 0.3 is 0 Å². The number of benzene rings is 1. The van der Waals surface area contributed by atoms with E-state index in [4.69, 9.17) is 4.98 Å². The van der Waals surface area contributed by atoms with Crippen LogP contribution in [0.5, 0.6) is 0 Å². The van der Waals surface area contributed by atoms with Crippen LogP contribution in [0.2, 0.25) is 0 Å². The van der Waals surface area contributed by atoms with Gasteiger partial charge in [0.15, 0.2) is 0 Å². The molecule has 4 aromatic rings. The normalized spacial score (nSPS) is 14.8. The van der Waals surface area contributed by atoms with E-state index in [2.05, 4.69) is 37.5 Å². The second-order valence-corrected chi connectivity index (χ2v) is 8.46. The maximum absolute atomic E-state index is 13.1. The number of anilines is 2. The van der Waals surface area contributed by atoms with Gasteiger partial charge in [-0.05, 0) is 69.4 Å². The Morgan fingerprint density at radius 3 is 2.59 bits per heavy atom. The lowest BCUT2D eigenvalue weighted by atomic mass is 10.1. The molecule has 0 spiro atoms. The molecule has 0 bridgehead atoms. The number of aromatic nitrogens is 4. The maximum Gasteiger partial charge on any atom is 0.256 e. The van der Waals surface area contributed by atoms with Crippen LogP contribution in [0.1, 0.15) is 23.2 Å². The number of likely N-dealkylation sites (tertiary alicyclic amines) is 1. The quantitative estimate of drug-likeness (QED) is 0.468. The Morgan fingerprint density at radius 2 is 1.79 bits per heavy atom. The molecule has 0 unspecified atom stereocenters. The van der Waals surface area contributed by atoms with Crippen LogP contribution < -0.4 is 10.6 Å². The molecule has 0 radical (unpaired) electrons. The lowest BCUT2D eigenvalue weighted by Crippen LogP contribution is -2.36. The number of nitrogens with one attached hydrogen (secondary N) is 2. The van der Waals surface area contributed by atoms with Crippen LogP contribution >= 0.6 is 0 Å². The van der Waals surface area contributed by atoms with Crippen LogP contribution in [0.4, 0.5) is 16.0 Å². The van der Waals surface area contributed by atoms with Gasteiger partial charge in [-0.2, -0.15) is 0 Å². The number of hydrogen-bond acceptors (Lipinski definition) is 7. The number of fused-ring (bicyclic) bond motifs is 1. The summed E-state index contributed by atoms with van der Waals surface area (Å²) in [7, 11) is 2.14. The lowest BCUT2D eigenvalue weighted by Gasteiger charge is -2.29. The van der Waals surface area contributed by atoms with E-state index in [9.17, 15) is 9.18 Å². The van der Waals surface area contributed by atoms with E-state index in [1.54, 1.807) is 30.9 Å². The van der Waals surface area contributed by atoms with Crippen molar-refractivity contribution >= 4 is 28.4 Å². The summed E-state index contributed by atoms with van der Waals surface area (Å²) in [4.78, 5) is 32.6. The Balaban J connectivity index is 1.35. The molecule has 34 heavy (non-hydrogen) atoms. The Kier molecular flexibility index (Phi) is 6.09. The van der Waals surface area contributed by atoms with Crippen LogP contribution in [0.15, 0.2) is 61.2 Å². The van der Waals surface area contributed by atoms with Crippen LogP contribution in [-0.4, -0.2) is 56.9 Å². The van der Waals surface area contributed by atoms with E-state index >= 15 is 0 Å². The van der Waals surface area contributed by atoms with E-state index < -0.39 is 5.82 Å². The number of halogens is 1. The first kappa shape index (κ1) is 21.8. The van der Waals surface area contributed by atoms with Crippen LogP contribution in [0.25, 0.3) is 22.2 Å². The Labute approximate surface area is 196 Å². The van der Waals surface area contributed by atoms with Crippen LogP contribution in [-0.2, 0) is 0 Å². The minimum Gasteiger partial charge on any atom is -0.366 e. The zero-order valence-electron chi connectivity index (χ0n) is 18.7. The van der Waals surface area contributed by atoms with E-state index in [-0.39, 0.29) is 5.91 Å². The Morgan fingerprint density at radius 1 is 1.00 bits per heavy atom. The summed E-state index contributed by atoms with van der Waals surface area (Å²) in [5.41, 5.74) is 2.56. The number of rotatable bonds is 5. The van der Waals surface area contributed by atoms with Crippen molar-refractivity contribution in [1.29, 1.82) is 0 Å². The van der Waals surface area contributed by atoms with Crippen molar-refractivity contribution in [1.82, 2.24) is 24.8 Å². The minimum absolute atomic E-state index is 0.347. The van der Waals surface area contributed by atoms with Crippen LogP contribution in [0, 0.1) is 5.82 Å². The van der Waals surface area contributed by atoms with Gasteiger partial charge in [-0.1, -0.05) is 0 Å². The molecule has 1 fully saturated rings. The molecule has 2 N–H and O–H groups in total. The van der Waals surface area contributed by atoms with Gasteiger partial charge in [0.2, 0.25) is 0 Å². The highest BCUT2D eigenvalue weighted by Crippen LogP contribution is 2.24. The van der Waals surface area contributed by atoms with Gasteiger partial charge in [0, 0.05) is 28.8 Å². The smallest absolute Gasteiger partial charge is 0.256 e. The van der Waals surface area contributed by atoms with Crippen molar-refractivity contribution in [3.8, 4) is 11.3 Å². The molecule has 0 atom stereocenters. The largest absolute Gasteiger partial charge is 0.366 e. The summed E-state index contributed by atoms with van der Waals surface area (Å²) in [6, 6.07) is 9.43. The fraction of sp³-hybridized carbons (Fsp3) is 0.240. The zero-order valence-corrected chi connectivity index (χ0v) is 18.7. The molecule has 9 heteroatoms. The van der Waals surface area contributed by atoms with E-state index in [1.165, 1.54) is 24.3 Å². The first-order valence-electron chi connectivity index (χ1n) is 11.1. The monoisotopic (exact) mass is 457 g/mol. The summed E-state index contributed by atoms with van der Waals surface area (Å²) < 4.78 is 13.1. The molecular formula is C25H24FN7O. The van der Waals surface area contributed by atoms with Crippen molar-refractivity contribution in [3.63, 3.8) is 0 Å². The number of pyridine rings is 2. The lowest BCUT2D eigenvalue weighted by molar-refractivity contribution is 0.102. The SMILES string of the molecule is CN1CCC(Nc2cncc(-c3cnc4cnc(NC(=O)c5ccc(F)cc5)cc4c3)n2)CC1. The fourth-order valence-electron chi connectivity index (χ4n) is 3.97. The zero-order chi connectivity index (χ0) is 23.5. The van der Waals surface area contributed by atoms with Crippen molar-refractivity contribution in [2.75, 3.05) is 30.8 Å². The number of hydrogen-bond donors (Lipinski definition) is 2. The van der Waals surface area contributed by atoms with Gasteiger partial charge < -0.3 is 15.5 Å². The number of nitrogens with zero attached hydrogens (tertiary/aromatic N) is 5. The topological polar surface area (TPSA) is 95.9 Å². The second kappa shape index (κ2) is 9.48. The van der Waals surface area contributed by atoms with Gasteiger partial charge in [0.05, 0.1) is 29.8 Å². The predicted molar refractivity (Wildman–Crippen MR) is 129 cm³/mol. The molecule has 8 nitrogen and oxygen atoms in total. The molecule has 1 aromatic carbocycles. The van der Waals surface area contributed by atoms with Gasteiger partial charge in [0.1, 0.15) is 17.5 Å². The van der Waals surface area contributed by atoms with Gasteiger partial charge in [-0.25, -0.2) is 14.4 Å². The molecule has 1 saturated heterocycles. The van der Waals surface area contributed by atoms with Gasteiger partial charge in [0.25, 0.3) is 5.91 Å².